The number of nitrogens with zero attached hydrogens (tertiary/aromatic N) is 4. The Morgan fingerprint density at radius 2 is 1.92 bits per heavy atom. The minimum atomic E-state index is 0.514. The smallest absolute Gasteiger partial charge is 0.118 e. The van der Waals surface area contributed by atoms with E-state index in [1.807, 2.05) is 17.9 Å². The van der Waals surface area contributed by atoms with Crippen molar-refractivity contribution in [3.05, 3.63) is 47.8 Å². The van der Waals surface area contributed by atoms with Gasteiger partial charge in [-0.25, -0.2) is 0 Å². The predicted molar refractivity (Wildman–Crippen MR) is 93.8 cm³/mol. The first-order valence-electron chi connectivity index (χ1n) is 8.68. The molecule has 3 atom stereocenters. The van der Waals surface area contributed by atoms with Gasteiger partial charge in [0.15, 0.2) is 0 Å². The van der Waals surface area contributed by atoms with Gasteiger partial charge >= 0.3 is 0 Å². The van der Waals surface area contributed by atoms with Crippen molar-refractivity contribution in [1.29, 1.82) is 0 Å². The fourth-order valence-electron chi connectivity index (χ4n) is 4.59. The van der Waals surface area contributed by atoms with Gasteiger partial charge < -0.3 is 4.74 Å². The Balaban J connectivity index is 1.48. The molecule has 5 heteroatoms. The summed E-state index contributed by atoms with van der Waals surface area (Å²) in [5, 5.41) is 4.29. The number of rotatable bonds is 4. The summed E-state index contributed by atoms with van der Waals surface area (Å²) in [5.74, 6) is 2.40. The molecule has 0 unspecified atom stereocenters. The summed E-state index contributed by atoms with van der Waals surface area (Å²) in [6, 6.07) is 9.13. The minimum Gasteiger partial charge on any atom is -0.497 e. The van der Waals surface area contributed by atoms with Gasteiger partial charge in [-0.05, 0) is 36.6 Å². The number of methoxy groups -OCH3 is 1. The van der Waals surface area contributed by atoms with Crippen LogP contribution in [0, 0.1) is 11.8 Å². The van der Waals surface area contributed by atoms with E-state index in [-0.39, 0.29) is 0 Å². The van der Waals surface area contributed by atoms with Crippen molar-refractivity contribution in [3.8, 4) is 5.75 Å². The van der Waals surface area contributed by atoms with Crippen LogP contribution in [0.1, 0.15) is 17.2 Å². The second kappa shape index (κ2) is 6.22. The first-order chi connectivity index (χ1) is 11.6. The SMILES string of the molecule is COc1ccc([C@H]2[C@@H]3CN(Cc4cnn(C)c4)C[C@@H]3CN2C)cc1. The monoisotopic (exact) mass is 326 g/mol. The van der Waals surface area contributed by atoms with Gasteiger partial charge in [0.25, 0.3) is 0 Å². The molecule has 2 aromatic rings. The van der Waals surface area contributed by atoms with Crippen LogP contribution in [-0.4, -0.2) is 53.4 Å². The molecule has 24 heavy (non-hydrogen) atoms. The zero-order chi connectivity index (χ0) is 16.7. The van der Waals surface area contributed by atoms with E-state index in [4.69, 9.17) is 4.74 Å². The Morgan fingerprint density at radius 3 is 2.58 bits per heavy atom. The lowest BCUT2D eigenvalue weighted by Crippen LogP contribution is -2.28. The number of hydrogen-bond donors (Lipinski definition) is 0. The second-order valence-electron chi connectivity index (χ2n) is 7.30. The first kappa shape index (κ1) is 15.7. The molecule has 4 rings (SSSR count). The summed E-state index contributed by atoms with van der Waals surface area (Å²) < 4.78 is 7.19. The number of likely N-dealkylation sites (tertiary alicyclic amines) is 2. The van der Waals surface area contributed by atoms with Crippen LogP contribution >= 0.6 is 0 Å². The molecule has 0 radical (unpaired) electrons. The Bertz CT molecular complexity index is 696. The fraction of sp³-hybridized carbons (Fsp3) is 0.526. The number of benzene rings is 1. The average Bonchev–Trinajstić information content (AvgIpc) is 3.22. The highest BCUT2D eigenvalue weighted by molar-refractivity contribution is 5.30. The van der Waals surface area contributed by atoms with Crippen molar-refractivity contribution < 1.29 is 4.74 Å². The largest absolute Gasteiger partial charge is 0.497 e. The van der Waals surface area contributed by atoms with Crippen LogP contribution in [0.5, 0.6) is 5.75 Å². The number of fused-ring (bicyclic) bond motifs is 1. The van der Waals surface area contributed by atoms with Gasteiger partial charge in [-0.1, -0.05) is 12.1 Å². The maximum Gasteiger partial charge on any atom is 0.118 e. The Labute approximate surface area is 143 Å². The molecule has 2 fully saturated rings. The molecule has 0 amide bonds. The third-order valence-electron chi connectivity index (χ3n) is 5.59. The maximum atomic E-state index is 5.30. The van der Waals surface area contributed by atoms with E-state index in [1.165, 1.54) is 30.8 Å². The molecule has 1 aromatic heterocycles. The van der Waals surface area contributed by atoms with Gasteiger partial charge in [-0.2, -0.15) is 5.10 Å². The molecule has 128 valence electrons. The van der Waals surface area contributed by atoms with E-state index in [0.717, 1.165) is 18.2 Å². The van der Waals surface area contributed by atoms with E-state index in [9.17, 15) is 0 Å². The normalized spacial score (nSPS) is 27.5. The van der Waals surface area contributed by atoms with Gasteiger partial charge in [-0.15, -0.1) is 0 Å². The summed E-state index contributed by atoms with van der Waals surface area (Å²) in [6.07, 6.45) is 4.11. The van der Waals surface area contributed by atoms with Crippen LogP contribution in [-0.2, 0) is 13.6 Å². The molecule has 1 aromatic carbocycles. The van der Waals surface area contributed by atoms with Crippen molar-refractivity contribution in [3.63, 3.8) is 0 Å². The van der Waals surface area contributed by atoms with E-state index < -0.39 is 0 Å². The maximum absolute atomic E-state index is 5.30. The van der Waals surface area contributed by atoms with E-state index in [1.54, 1.807) is 7.11 Å². The Morgan fingerprint density at radius 1 is 1.12 bits per heavy atom. The summed E-state index contributed by atoms with van der Waals surface area (Å²) in [7, 11) is 5.97. The lowest BCUT2D eigenvalue weighted by atomic mass is 9.89. The highest BCUT2D eigenvalue weighted by atomic mass is 16.5. The highest BCUT2D eigenvalue weighted by Gasteiger charge is 2.45. The van der Waals surface area contributed by atoms with Crippen LogP contribution in [0.3, 0.4) is 0 Å². The van der Waals surface area contributed by atoms with Crippen LogP contribution in [0.4, 0.5) is 0 Å². The summed E-state index contributed by atoms with van der Waals surface area (Å²) in [5.41, 5.74) is 2.72. The van der Waals surface area contributed by atoms with Gasteiger partial charge in [0.2, 0.25) is 0 Å². The van der Waals surface area contributed by atoms with Crippen molar-refractivity contribution >= 4 is 0 Å². The fourth-order valence-corrected chi connectivity index (χ4v) is 4.59. The number of aromatic nitrogens is 2. The first-order valence-corrected chi connectivity index (χ1v) is 8.68. The van der Waals surface area contributed by atoms with Crippen LogP contribution in [0.2, 0.25) is 0 Å². The zero-order valence-electron chi connectivity index (χ0n) is 14.7. The minimum absolute atomic E-state index is 0.514. The van der Waals surface area contributed by atoms with E-state index >= 15 is 0 Å². The van der Waals surface area contributed by atoms with Gasteiger partial charge in [0.05, 0.1) is 13.3 Å². The molecule has 2 aliphatic rings. The average molecular weight is 326 g/mol. The van der Waals surface area contributed by atoms with Crippen molar-refractivity contribution in [1.82, 2.24) is 19.6 Å². The third-order valence-corrected chi connectivity index (χ3v) is 5.59. The molecular formula is C19H26N4O. The quantitative estimate of drug-likeness (QED) is 0.862. The van der Waals surface area contributed by atoms with Crippen LogP contribution < -0.4 is 4.74 Å². The number of aryl methyl sites for hydroxylation is 1. The summed E-state index contributed by atoms with van der Waals surface area (Å²) in [6.45, 7) is 4.56. The third kappa shape index (κ3) is 2.82. The lowest BCUT2D eigenvalue weighted by Gasteiger charge is -2.26. The molecule has 5 nitrogen and oxygen atoms in total. The van der Waals surface area contributed by atoms with Crippen molar-refractivity contribution in [2.45, 2.75) is 12.6 Å². The Hall–Kier alpha value is -1.85. The molecule has 0 bridgehead atoms. The number of hydrogen-bond acceptors (Lipinski definition) is 4. The van der Waals surface area contributed by atoms with Crippen molar-refractivity contribution in [2.75, 3.05) is 33.8 Å². The molecule has 2 saturated heterocycles. The molecule has 0 N–H and O–H groups in total. The molecule has 3 heterocycles. The molecule has 2 aliphatic heterocycles. The lowest BCUT2D eigenvalue weighted by molar-refractivity contribution is 0.224. The van der Waals surface area contributed by atoms with E-state index in [2.05, 4.69) is 52.4 Å². The van der Waals surface area contributed by atoms with Crippen LogP contribution in [0.15, 0.2) is 36.7 Å². The van der Waals surface area contributed by atoms with Gasteiger partial charge in [0.1, 0.15) is 5.75 Å². The summed E-state index contributed by atoms with van der Waals surface area (Å²) >= 11 is 0. The highest BCUT2D eigenvalue weighted by Crippen LogP contribution is 2.44. The second-order valence-corrected chi connectivity index (χ2v) is 7.30. The molecular weight excluding hydrogens is 300 g/mol. The summed E-state index contributed by atoms with van der Waals surface area (Å²) in [4.78, 5) is 5.12. The number of ether oxygens (including phenoxy) is 1. The van der Waals surface area contributed by atoms with E-state index in [0.29, 0.717) is 12.0 Å². The van der Waals surface area contributed by atoms with Crippen molar-refractivity contribution in [2.24, 2.45) is 18.9 Å². The van der Waals surface area contributed by atoms with Gasteiger partial charge in [-0.3, -0.25) is 14.5 Å². The Kier molecular flexibility index (Phi) is 4.06. The topological polar surface area (TPSA) is 33.5 Å². The predicted octanol–water partition coefficient (Wildman–Crippen LogP) is 2.16. The van der Waals surface area contributed by atoms with Crippen LogP contribution in [0.25, 0.3) is 0 Å². The zero-order valence-corrected chi connectivity index (χ0v) is 14.7. The standard InChI is InChI=1S/C19H26N4O/c1-21-11-16-12-23(10-14-8-20-22(2)9-14)13-18(16)19(21)15-4-6-17(24-3)7-5-15/h4-9,16,18-19H,10-13H2,1-3H3/t16-,18+,19-/m0/s1. The molecule has 0 aliphatic carbocycles. The van der Waals surface area contributed by atoms with Gasteiger partial charge in [0, 0.05) is 51.0 Å². The molecule has 0 saturated carbocycles. The molecule has 0 spiro atoms.